The molecule has 6 heteroatoms. The van der Waals surface area contributed by atoms with Crippen LogP contribution in [0.25, 0.3) is 0 Å². The van der Waals surface area contributed by atoms with Gasteiger partial charge < -0.3 is 15.2 Å². The third-order valence-electron chi connectivity index (χ3n) is 4.56. The molecule has 1 saturated heterocycles. The van der Waals surface area contributed by atoms with E-state index in [4.69, 9.17) is 4.99 Å². The van der Waals surface area contributed by atoms with Crippen molar-refractivity contribution in [2.24, 2.45) is 12.0 Å². The van der Waals surface area contributed by atoms with Gasteiger partial charge in [0.15, 0.2) is 5.96 Å². The molecule has 0 atom stereocenters. The molecule has 0 saturated carbocycles. The lowest BCUT2D eigenvalue weighted by atomic mass is 9.98. The van der Waals surface area contributed by atoms with E-state index in [1.165, 1.54) is 37.9 Å². The maximum Gasteiger partial charge on any atom is 0.191 e. The number of piperidine rings is 1. The summed E-state index contributed by atoms with van der Waals surface area (Å²) in [7, 11) is 2.04. The number of likely N-dealkylation sites (tertiary alicyclic amines) is 1. The minimum atomic E-state index is 0. The number of aromatic nitrogens is 1. The first-order valence-corrected chi connectivity index (χ1v) is 8.89. The summed E-state index contributed by atoms with van der Waals surface area (Å²) in [6.07, 6.45) is 8.20. The number of rotatable bonds is 6. The van der Waals surface area contributed by atoms with Crippen molar-refractivity contribution in [3.8, 4) is 0 Å². The van der Waals surface area contributed by atoms with Crippen LogP contribution >= 0.6 is 24.0 Å². The Labute approximate surface area is 164 Å². The van der Waals surface area contributed by atoms with E-state index >= 15 is 0 Å². The Morgan fingerprint density at radius 3 is 2.50 bits per heavy atom. The zero-order valence-electron chi connectivity index (χ0n) is 15.6. The second kappa shape index (κ2) is 10.3. The molecule has 0 amide bonds. The number of aryl methyl sites for hydroxylation is 1. The zero-order valence-corrected chi connectivity index (χ0v) is 18.0. The highest BCUT2D eigenvalue weighted by Crippen LogP contribution is 2.19. The maximum absolute atomic E-state index is 4.71. The third-order valence-corrected chi connectivity index (χ3v) is 4.56. The predicted molar refractivity (Wildman–Crippen MR) is 113 cm³/mol. The number of hydrogen-bond donors (Lipinski definition) is 2. The van der Waals surface area contributed by atoms with Gasteiger partial charge in [-0.2, -0.15) is 0 Å². The standard InChI is InChI=1S/C18H33N5.HI/c1-5-19-17(20-13-16-9-12-22(4)14-16)21-15-18(2,3)23-10-7-6-8-11-23;/h9,12,14H,5-8,10-11,13,15H2,1-4H3,(H2,19,20,21);1H. The number of halogens is 1. The van der Waals surface area contributed by atoms with E-state index in [1.807, 2.05) is 7.05 Å². The lowest BCUT2D eigenvalue weighted by Gasteiger charge is -2.41. The molecule has 1 aliphatic heterocycles. The molecular weight excluding hydrogens is 413 g/mol. The number of nitrogens with zero attached hydrogens (tertiary/aromatic N) is 3. The number of hydrogen-bond acceptors (Lipinski definition) is 2. The van der Waals surface area contributed by atoms with Crippen LogP contribution in [0.2, 0.25) is 0 Å². The van der Waals surface area contributed by atoms with Crippen molar-refractivity contribution >= 4 is 29.9 Å². The number of aliphatic imine (C=N–C) groups is 1. The van der Waals surface area contributed by atoms with E-state index < -0.39 is 0 Å². The first-order chi connectivity index (χ1) is 11.0. The smallest absolute Gasteiger partial charge is 0.191 e. The van der Waals surface area contributed by atoms with Crippen molar-refractivity contribution in [3.63, 3.8) is 0 Å². The van der Waals surface area contributed by atoms with Crippen molar-refractivity contribution in [1.82, 2.24) is 20.1 Å². The second-order valence-corrected chi connectivity index (χ2v) is 7.09. The Balaban J connectivity index is 0.00000288. The molecular formula is C18H34IN5. The molecule has 2 heterocycles. The Hall–Kier alpha value is -0.760. The molecule has 0 unspecified atom stereocenters. The molecule has 2 rings (SSSR count). The predicted octanol–water partition coefficient (Wildman–Crippen LogP) is 2.96. The topological polar surface area (TPSA) is 44.6 Å². The first kappa shape index (κ1) is 21.3. The van der Waals surface area contributed by atoms with Gasteiger partial charge in [-0.3, -0.25) is 4.90 Å². The number of guanidine groups is 1. The number of nitrogens with one attached hydrogen (secondary N) is 2. The van der Waals surface area contributed by atoms with Crippen LogP contribution in [0.3, 0.4) is 0 Å². The summed E-state index contributed by atoms with van der Waals surface area (Å²) in [6.45, 7) is 11.7. The minimum Gasteiger partial charge on any atom is -0.357 e. The largest absolute Gasteiger partial charge is 0.357 e. The van der Waals surface area contributed by atoms with Crippen molar-refractivity contribution in [2.45, 2.75) is 52.1 Å². The monoisotopic (exact) mass is 447 g/mol. The molecule has 0 aromatic carbocycles. The van der Waals surface area contributed by atoms with Crippen molar-refractivity contribution in [1.29, 1.82) is 0 Å². The van der Waals surface area contributed by atoms with Crippen LogP contribution in [0.4, 0.5) is 0 Å². The van der Waals surface area contributed by atoms with E-state index in [0.29, 0.717) is 6.54 Å². The summed E-state index contributed by atoms with van der Waals surface area (Å²) >= 11 is 0. The molecule has 138 valence electrons. The fourth-order valence-corrected chi connectivity index (χ4v) is 3.08. The van der Waals surface area contributed by atoms with Crippen LogP contribution in [0, 0.1) is 0 Å². The van der Waals surface area contributed by atoms with Crippen molar-refractivity contribution in [2.75, 3.05) is 26.2 Å². The summed E-state index contributed by atoms with van der Waals surface area (Å²) in [5.74, 6) is 0.904. The molecule has 5 nitrogen and oxygen atoms in total. The fourth-order valence-electron chi connectivity index (χ4n) is 3.08. The molecule has 2 N–H and O–H groups in total. The van der Waals surface area contributed by atoms with Crippen LogP contribution in [0.5, 0.6) is 0 Å². The molecule has 0 radical (unpaired) electrons. The van der Waals surface area contributed by atoms with Crippen molar-refractivity contribution < 1.29 is 0 Å². The van der Waals surface area contributed by atoms with Gasteiger partial charge in [0.25, 0.3) is 0 Å². The summed E-state index contributed by atoms with van der Waals surface area (Å²) in [5.41, 5.74) is 1.39. The highest BCUT2D eigenvalue weighted by molar-refractivity contribution is 14.0. The van der Waals surface area contributed by atoms with Gasteiger partial charge in [0.2, 0.25) is 0 Å². The Bertz CT molecular complexity index is 503. The summed E-state index contributed by atoms with van der Waals surface area (Å²) in [5, 5.41) is 6.87. The van der Waals surface area contributed by atoms with Crippen LogP contribution in [-0.2, 0) is 13.6 Å². The molecule has 1 aromatic heterocycles. The highest BCUT2D eigenvalue weighted by Gasteiger charge is 2.27. The molecule has 1 aliphatic rings. The average molecular weight is 447 g/mol. The zero-order chi connectivity index (χ0) is 16.7. The van der Waals surface area contributed by atoms with Gasteiger partial charge in [-0.1, -0.05) is 6.42 Å². The molecule has 0 spiro atoms. The Morgan fingerprint density at radius 1 is 1.21 bits per heavy atom. The normalized spacial score (nSPS) is 16.6. The van der Waals surface area contributed by atoms with Gasteiger partial charge in [-0.15, -0.1) is 24.0 Å². The fraction of sp³-hybridized carbons (Fsp3) is 0.722. The SMILES string of the molecule is CCNC(=NCc1ccn(C)c1)NCC(C)(C)N1CCCCC1.I. The first-order valence-electron chi connectivity index (χ1n) is 8.89. The van der Waals surface area contributed by atoms with Crippen LogP contribution < -0.4 is 10.6 Å². The van der Waals surface area contributed by atoms with Crippen LogP contribution in [0.15, 0.2) is 23.5 Å². The highest BCUT2D eigenvalue weighted by atomic mass is 127. The van der Waals surface area contributed by atoms with Gasteiger partial charge in [-0.05, 0) is 58.3 Å². The molecule has 1 fully saturated rings. The summed E-state index contributed by atoms with van der Waals surface area (Å²) < 4.78 is 2.06. The van der Waals surface area contributed by atoms with Gasteiger partial charge in [-0.25, -0.2) is 4.99 Å². The third kappa shape index (κ3) is 6.63. The van der Waals surface area contributed by atoms with Crippen LogP contribution in [0.1, 0.15) is 45.6 Å². The quantitative estimate of drug-likeness (QED) is 0.401. The van der Waals surface area contributed by atoms with Crippen molar-refractivity contribution in [3.05, 3.63) is 24.0 Å². The second-order valence-electron chi connectivity index (χ2n) is 7.09. The molecule has 24 heavy (non-hydrogen) atoms. The van der Waals surface area contributed by atoms with Gasteiger partial charge in [0.05, 0.1) is 6.54 Å². The average Bonchev–Trinajstić information content (AvgIpc) is 2.96. The van der Waals surface area contributed by atoms with Gasteiger partial charge in [0, 0.05) is 38.1 Å². The summed E-state index contributed by atoms with van der Waals surface area (Å²) in [6, 6.07) is 2.12. The van der Waals surface area contributed by atoms with E-state index in [9.17, 15) is 0 Å². The van der Waals surface area contributed by atoms with E-state index in [1.54, 1.807) is 0 Å². The van der Waals surface area contributed by atoms with E-state index in [0.717, 1.165) is 19.0 Å². The Kier molecular flexibility index (Phi) is 9.12. The lowest BCUT2D eigenvalue weighted by molar-refractivity contribution is 0.0982. The summed E-state index contributed by atoms with van der Waals surface area (Å²) in [4.78, 5) is 7.31. The Morgan fingerprint density at radius 2 is 1.92 bits per heavy atom. The van der Waals surface area contributed by atoms with E-state index in [-0.39, 0.29) is 29.5 Å². The maximum atomic E-state index is 4.71. The lowest BCUT2D eigenvalue weighted by Crippen LogP contribution is -2.54. The minimum absolute atomic E-state index is 0. The van der Waals surface area contributed by atoms with E-state index in [2.05, 4.69) is 59.3 Å². The van der Waals surface area contributed by atoms with Gasteiger partial charge in [0.1, 0.15) is 0 Å². The molecule has 1 aromatic rings. The van der Waals surface area contributed by atoms with Crippen LogP contribution in [-0.4, -0.2) is 47.1 Å². The molecule has 0 bridgehead atoms. The van der Waals surface area contributed by atoms with Gasteiger partial charge >= 0.3 is 0 Å². The molecule has 0 aliphatic carbocycles.